The van der Waals surface area contributed by atoms with E-state index < -0.39 is 6.03 Å². The number of rotatable bonds is 5. The second-order valence-corrected chi connectivity index (χ2v) is 5.74. The van der Waals surface area contributed by atoms with Crippen LogP contribution in [-0.4, -0.2) is 30.8 Å². The minimum atomic E-state index is -0.406. The van der Waals surface area contributed by atoms with Crippen LogP contribution in [0.1, 0.15) is 24.4 Å². The second kappa shape index (κ2) is 7.94. The highest BCUT2D eigenvalue weighted by molar-refractivity contribution is 5.90. The molecule has 132 valence electrons. The van der Waals surface area contributed by atoms with Crippen molar-refractivity contribution in [3.05, 3.63) is 54.0 Å². The smallest absolute Gasteiger partial charge is 0.319 e. The van der Waals surface area contributed by atoms with Gasteiger partial charge in [0.2, 0.25) is 5.88 Å². The molecule has 1 saturated heterocycles. The molecule has 0 spiro atoms. The zero-order valence-electron chi connectivity index (χ0n) is 13.9. The molecular weight excluding hydrogens is 325 g/mol. The van der Waals surface area contributed by atoms with E-state index in [2.05, 4.69) is 15.6 Å². The highest BCUT2D eigenvalue weighted by atomic mass is 19.1. The molecular formula is C18H20FN3O3. The third-order valence-electron chi connectivity index (χ3n) is 4.07. The minimum absolute atomic E-state index is 0.146. The summed E-state index contributed by atoms with van der Waals surface area (Å²) in [5, 5.41) is 5.64. The van der Waals surface area contributed by atoms with Crippen LogP contribution in [0.3, 0.4) is 0 Å². The first-order valence-electron chi connectivity index (χ1n) is 8.11. The van der Waals surface area contributed by atoms with Gasteiger partial charge in [0.1, 0.15) is 11.5 Å². The van der Waals surface area contributed by atoms with Crippen LogP contribution in [0.2, 0.25) is 0 Å². The van der Waals surface area contributed by atoms with E-state index in [1.54, 1.807) is 30.5 Å². The van der Waals surface area contributed by atoms with Crippen LogP contribution in [-0.2, 0) is 4.74 Å². The molecule has 1 aliphatic heterocycles. The Balaban J connectivity index is 1.75. The molecule has 1 aliphatic rings. The summed E-state index contributed by atoms with van der Waals surface area (Å²) < 4.78 is 24.1. The lowest BCUT2D eigenvalue weighted by Crippen LogP contribution is -2.38. The van der Waals surface area contributed by atoms with Crippen molar-refractivity contribution < 1.29 is 18.7 Å². The SMILES string of the molecule is COc1ncccc1NC(=O)N[C@H](c1ccc(F)cc1)[C@@H]1CCCO1. The summed E-state index contributed by atoms with van der Waals surface area (Å²) in [6.45, 7) is 0.655. The summed E-state index contributed by atoms with van der Waals surface area (Å²) >= 11 is 0. The van der Waals surface area contributed by atoms with E-state index in [0.29, 0.717) is 18.2 Å². The van der Waals surface area contributed by atoms with Gasteiger partial charge in [0, 0.05) is 12.8 Å². The maximum absolute atomic E-state index is 13.2. The lowest BCUT2D eigenvalue weighted by molar-refractivity contribution is 0.0815. The number of amides is 2. The molecule has 3 rings (SSSR count). The predicted octanol–water partition coefficient (Wildman–Crippen LogP) is 3.27. The van der Waals surface area contributed by atoms with Gasteiger partial charge < -0.3 is 20.1 Å². The molecule has 0 bridgehead atoms. The van der Waals surface area contributed by atoms with Crippen molar-refractivity contribution in [1.82, 2.24) is 10.3 Å². The number of anilines is 1. The fourth-order valence-electron chi connectivity index (χ4n) is 2.87. The predicted molar refractivity (Wildman–Crippen MR) is 91.1 cm³/mol. The Morgan fingerprint density at radius 3 is 2.84 bits per heavy atom. The van der Waals surface area contributed by atoms with E-state index in [1.807, 2.05) is 0 Å². The van der Waals surface area contributed by atoms with Crippen molar-refractivity contribution in [2.45, 2.75) is 25.0 Å². The summed E-state index contributed by atoms with van der Waals surface area (Å²) in [5.74, 6) is 0.00693. The van der Waals surface area contributed by atoms with Crippen molar-refractivity contribution in [3.8, 4) is 5.88 Å². The molecule has 0 aliphatic carbocycles. The summed E-state index contributed by atoms with van der Waals surface area (Å²) in [7, 11) is 1.49. The maximum Gasteiger partial charge on any atom is 0.319 e. The Morgan fingerprint density at radius 1 is 1.36 bits per heavy atom. The number of carbonyl (C=O) groups excluding carboxylic acids is 1. The van der Waals surface area contributed by atoms with Gasteiger partial charge in [-0.15, -0.1) is 0 Å². The molecule has 0 unspecified atom stereocenters. The third kappa shape index (κ3) is 4.24. The Bertz CT molecular complexity index is 718. The zero-order chi connectivity index (χ0) is 17.6. The van der Waals surface area contributed by atoms with E-state index in [1.165, 1.54) is 19.2 Å². The number of carbonyl (C=O) groups is 1. The van der Waals surface area contributed by atoms with E-state index in [9.17, 15) is 9.18 Å². The highest BCUT2D eigenvalue weighted by Gasteiger charge is 2.29. The fourth-order valence-corrected chi connectivity index (χ4v) is 2.87. The van der Waals surface area contributed by atoms with Crippen LogP contribution < -0.4 is 15.4 Å². The number of ether oxygens (including phenoxy) is 2. The third-order valence-corrected chi connectivity index (χ3v) is 4.07. The molecule has 2 aromatic rings. The fraction of sp³-hybridized carbons (Fsp3) is 0.333. The second-order valence-electron chi connectivity index (χ2n) is 5.74. The number of benzene rings is 1. The Labute approximate surface area is 145 Å². The van der Waals surface area contributed by atoms with Crippen LogP contribution in [0.25, 0.3) is 0 Å². The summed E-state index contributed by atoms with van der Waals surface area (Å²) in [5.41, 5.74) is 1.26. The standard InChI is InChI=1S/C18H20FN3O3/c1-24-17-14(4-2-10-20-17)21-18(23)22-16(15-5-3-11-25-15)12-6-8-13(19)9-7-12/h2,4,6-10,15-16H,3,5,11H2,1H3,(H2,21,22,23)/t15-,16+/m0/s1. The van der Waals surface area contributed by atoms with Crippen molar-refractivity contribution in [3.63, 3.8) is 0 Å². The number of methoxy groups -OCH3 is 1. The van der Waals surface area contributed by atoms with E-state index in [4.69, 9.17) is 9.47 Å². The van der Waals surface area contributed by atoms with Gasteiger partial charge in [0.05, 0.1) is 19.3 Å². The van der Waals surface area contributed by atoms with Crippen molar-refractivity contribution in [1.29, 1.82) is 0 Å². The maximum atomic E-state index is 13.2. The van der Waals surface area contributed by atoms with E-state index >= 15 is 0 Å². The monoisotopic (exact) mass is 345 g/mol. The summed E-state index contributed by atoms with van der Waals surface area (Å²) in [6, 6.07) is 8.70. The molecule has 1 fully saturated rings. The molecule has 2 amide bonds. The van der Waals surface area contributed by atoms with Crippen molar-refractivity contribution in [2.75, 3.05) is 19.0 Å². The van der Waals surface area contributed by atoms with Gasteiger partial charge in [-0.3, -0.25) is 0 Å². The molecule has 0 saturated carbocycles. The number of hydrogen-bond donors (Lipinski definition) is 2. The van der Waals surface area contributed by atoms with Gasteiger partial charge >= 0.3 is 6.03 Å². The summed E-state index contributed by atoms with van der Waals surface area (Å²) in [4.78, 5) is 16.5. The van der Waals surface area contributed by atoms with Crippen LogP contribution >= 0.6 is 0 Å². The molecule has 6 nitrogen and oxygen atoms in total. The first kappa shape index (κ1) is 17.2. The quantitative estimate of drug-likeness (QED) is 0.872. The van der Waals surface area contributed by atoms with Crippen LogP contribution in [0, 0.1) is 5.82 Å². The first-order chi connectivity index (χ1) is 12.2. The Kier molecular flexibility index (Phi) is 5.45. The number of urea groups is 1. The average Bonchev–Trinajstić information content (AvgIpc) is 3.15. The van der Waals surface area contributed by atoms with E-state index in [0.717, 1.165) is 18.4 Å². The molecule has 2 N–H and O–H groups in total. The molecule has 25 heavy (non-hydrogen) atoms. The number of aromatic nitrogens is 1. The molecule has 0 radical (unpaired) electrons. The molecule has 1 aromatic carbocycles. The number of nitrogens with one attached hydrogen (secondary N) is 2. The summed E-state index contributed by atoms with van der Waals surface area (Å²) in [6.07, 6.45) is 3.20. The van der Waals surface area contributed by atoms with Crippen molar-refractivity contribution >= 4 is 11.7 Å². The minimum Gasteiger partial charge on any atom is -0.480 e. The normalized spacial score (nSPS) is 17.8. The first-order valence-corrected chi connectivity index (χ1v) is 8.11. The van der Waals surface area contributed by atoms with Gasteiger partial charge in [0.25, 0.3) is 0 Å². The van der Waals surface area contributed by atoms with Crippen LogP contribution in [0.4, 0.5) is 14.9 Å². The number of pyridine rings is 1. The number of halogens is 1. The molecule has 1 aromatic heterocycles. The van der Waals surface area contributed by atoms with Gasteiger partial charge in [0.15, 0.2) is 0 Å². The Hall–Kier alpha value is -2.67. The largest absolute Gasteiger partial charge is 0.480 e. The molecule has 2 atom stereocenters. The van der Waals surface area contributed by atoms with Gasteiger partial charge in [-0.2, -0.15) is 0 Å². The number of nitrogens with zero attached hydrogens (tertiary/aromatic N) is 1. The topological polar surface area (TPSA) is 72.5 Å². The van der Waals surface area contributed by atoms with Crippen molar-refractivity contribution in [2.24, 2.45) is 0 Å². The van der Waals surface area contributed by atoms with Crippen LogP contribution in [0.5, 0.6) is 5.88 Å². The van der Waals surface area contributed by atoms with Crippen LogP contribution in [0.15, 0.2) is 42.6 Å². The van der Waals surface area contributed by atoms with Gasteiger partial charge in [-0.05, 0) is 42.7 Å². The van der Waals surface area contributed by atoms with Gasteiger partial charge in [-0.1, -0.05) is 12.1 Å². The lowest BCUT2D eigenvalue weighted by atomic mass is 9.99. The zero-order valence-corrected chi connectivity index (χ0v) is 13.9. The van der Waals surface area contributed by atoms with Gasteiger partial charge in [-0.25, -0.2) is 14.2 Å². The molecule has 7 heteroatoms. The average molecular weight is 345 g/mol. The Morgan fingerprint density at radius 2 is 2.16 bits per heavy atom. The lowest BCUT2D eigenvalue weighted by Gasteiger charge is -2.25. The highest BCUT2D eigenvalue weighted by Crippen LogP contribution is 2.27. The van der Waals surface area contributed by atoms with E-state index in [-0.39, 0.29) is 18.0 Å². The molecule has 2 heterocycles. The number of hydrogen-bond acceptors (Lipinski definition) is 4.